The zero-order valence-electron chi connectivity index (χ0n) is 15.9. The Morgan fingerprint density at radius 2 is 1.70 bits per heavy atom. The van der Waals surface area contributed by atoms with Crippen LogP contribution in [0.15, 0.2) is 48.5 Å². The highest BCUT2D eigenvalue weighted by Gasteiger charge is 2.22. The van der Waals surface area contributed by atoms with Crippen LogP contribution >= 0.6 is 11.6 Å². The summed E-state index contributed by atoms with van der Waals surface area (Å²) in [6.45, 7) is 1.69. The van der Waals surface area contributed by atoms with Gasteiger partial charge in [-0.15, -0.1) is 0 Å². The van der Waals surface area contributed by atoms with Gasteiger partial charge >= 0.3 is 18.2 Å². The SMILES string of the molecule is CCOC(=O)NC(=O)Oc1ccc(CC(NC(=O)c2ccccc2Cl)C(=O)O)cc1. The van der Waals surface area contributed by atoms with Crippen LogP contribution in [0, 0.1) is 0 Å². The fraction of sp³-hybridized carbons (Fsp3) is 0.200. The van der Waals surface area contributed by atoms with Gasteiger partial charge in [0.2, 0.25) is 0 Å². The highest BCUT2D eigenvalue weighted by Crippen LogP contribution is 2.16. The van der Waals surface area contributed by atoms with Crippen molar-refractivity contribution in [3.05, 3.63) is 64.7 Å². The van der Waals surface area contributed by atoms with Crippen molar-refractivity contribution in [1.29, 1.82) is 0 Å². The lowest BCUT2D eigenvalue weighted by molar-refractivity contribution is -0.139. The van der Waals surface area contributed by atoms with Crippen molar-refractivity contribution in [2.24, 2.45) is 0 Å². The highest BCUT2D eigenvalue weighted by molar-refractivity contribution is 6.33. The zero-order valence-corrected chi connectivity index (χ0v) is 16.6. The van der Waals surface area contributed by atoms with E-state index in [1.807, 2.05) is 5.32 Å². The number of carbonyl (C=O) groups is 4. The van der Waals surface area contributed by atoms with Crippen molar-refractivity contribution in [2.45, 2.75) is 19.4 Å². The first kappa shape index (κ1) is 22.7. The molecule has 3 N–H and O–H groups in total. The molecule has 2 aromatic rings. The van der Waals surface area contributed by atoms with Crippen LogP contribution in [0.5, 0.6) is 5.75 Å². The van der Waals surface area contributed by atoms with Crippen LogP contribution in [-0.2, 0) is 16.0 Å². The molecular formula is C20H19ClN2O7. The summed E-state index contributed by atoms with van der Waals surface area (Å²) in [6.07, 6.45) is -1.96. The fourth-order valence-electron chi connectivity index (χ4n) is 2.39. The monoisotopic (exact) mass is 434 g/mol. The molecule has 9 nitrogen and oxygen atoms in total. The number of alkyl carbamates (subject to hydrolysis) is 1. The lowest BCUT2D eigenvalue weighted by Crippen LogP contribution is -2.42. The van der Waals surface area contributed by atoms with Gasteiger partial charge in [0.25, 0.3) is 5.91 Å². The van der Waals surface area contributed by atoms with Gasteiger partial charge in [-0.2, -0.15) is 0 Å². The van der Waals surface area contributed by atoms with E-state index in [0.717, 1.165) is 0 Å². The minimum atomic E-state index is -1.22. The summed E-state index contributed by atoms with van der Waals surface area (Å²) in [5, 5.41) is 13.9. The molecule has 0 aliphatic rings. The number of ether oxygens (including phenoxy) is 2. The molecule has 0 aliphatic carbocycles. The van der Waals surface area contributed by atoms with E-state index in [-0.39, 0.29) is 29.4 Å². The third-order valence-corrected chi connectivity index (χ3v) is 4.10. The minimum Gasteiger partial charge on any atom is -0.480 e. The summed E-state index contributed by atoms with van der Waals surface area (Å²) in [7, 11) is 0. The van der Waals surface area contributed by atoms with E-state index in [1.165, 1.54) is 36.4 Å². The summed E-state index contributed by atoms with van der Waals surface area (Å²) in [5.74, 6) is -1.69. The average Bonchev–Trinajstić information content (AvgIpc) is 2.69. The maximum atomic E-state index is 12.3. The third-order valence-electron chi connectivity index (χ3n) is 3.78. The number of halogens is 1. The average molecular weight is 435 g/mol. The Kier molecular flexibility index (Phi) is 8.18. The van der Waals surface area contributed by atoms with E-state index in [1.54, 1.807) is 19.1 Å². The summed E-state index contributed by atoms with van der Waals surface area (Å²) in [4.78, 5) is 46.6. The Balaban J connectivity index is 1.98. The predicted molar refractivity (Wildman–Crippen MR) is 107 cm³/mol. The molecule has 2 rings (SSSR count). The van der Waals surface area contributed by atoms with Crippen LogP contribution in [0.25, 0.3) is 0 Å². The quantitative estimate of drug-likeness (QED) is 0.610. The molecule has 0 radical (unpaired) electrons. The van der Waals surface area contributed by atoms with Crippen LogP contribution in [0.1, 0.15) is 22.8 Å². The first-order valence-electron chi connectivity index (χ1n) is 8.83. The molecule has 30 heavy (non-hydrogen) atoms. The van der Waals surface area contributed by atoms with Crippen LogP contribution < -0.4 is 15.4 Å². The number of carboxylic acids is 1. The second-order valence-corrected chi connectivity index (χ2v) is 6.33. The topological polar surface area (TPSA) is 131 Å². The Labute approximate surface area is 176 Å². The Hall–Kier alpha value is -3.59. The standard InChI is InChI=1S/C20H19ClN2O7/c1-2-29-19(27)23-20(28)30-13-9-7-12(8-10-13)11-16(18(25)26)22-17(24)14-5-3-4-6-15(14)21/h3-10,16H,2,11H2,1H3,(H,22,24)(H,25,26)(H,23,27,28). The number of rotatable bonds is 7. The van der Waals surface area contributed by atoms with Crippen molar-refractivity contribution in [1.82, 2.24) is 10.6 Å². The lowest BCUT2D eigenvalue weighted by Gasteiger charge is -2.15. The summed E-state index contributed by atoms with van der Waals surface area (Å²) < 4.78 is 9.48. The van der Waals surface area contributed by atoms with Gasteiger partial charge < -0.3 is 19.9 Å². The molecule has 1 atom stereocenters. The minimum absolute atomic E-state index is 0.0131. The van der Waals surface area contributed by atoms with E-state index >= 15 is 0 Å². The van der Waals surface area contributed by atoms with E-state index in [9.17, 15) is 24.3 Å². The maximum Gasteiger partial charge on any atom is 0.422 e. The number of hydrogen-bond donors (Lipinski definition) is 3. The van der Waals surface area contributed by atoms with Gasteiger partial charge in [0.1, 0.15) is 11.8 Å². The van der Waals surface area contributed by atoms with E-state index in [2.05, 4.69) is 10.1 Å². The molecule has 3 amide bonds. The largest absolute Gasteiger partial charge is 0.480 e. The molecule has 0 fully saturated rings. The molecule has 0 bridgehead atoms. The van der Waals surface area contributed by atoms with Crippen LogP contribution in [0.3, 0.4) is 0 Å². The number of carboxylic acid groups (broad SMARTS) is 1. The molecular weight excluding hydrogens is 416 g/mol. The number of carbonyl (C=O) groups excluding carboxylic acids is 3. The molecule has 2 aromatic carbocycles. The van der Waals surface area contributed by atoms with Gasteiger partial charge in [0.15, 0.2) is 0 Å². The normalized spacial score (nSPS) is 11.1. The van der Waals surface area contributed by atoms with Crippen LogP contribution in [0.4, 0.5) is 9.59 Å². The van der Waals surface area contributed by atoms with Gasteiger partial charge in [-0.05, 0) is 36.8 Å². The van der Waals surface area contributed by atoms with Crippen molar-refractivity contribution in [3.63, 3.8) is 0 Å². The predicted octanol–water partition coefficient (Wildman–Crippen LogP) is 3.01. The Morgan fingerprint density at radius 3 is 2.30 bits per heavy atom. The first-order chi connectivity index (χ1) is 14.3. The molecule has 0 aromatic heterocycles. The van der Waals surface area contributed by atoms with Crippen molar-refractivity contribution < 1.29 is 33.8 Å². The number of aliphatic carboxylic acids is 1. The lowest BCUT2D eigenvalue weighted by atomic mass is 10.1. The van der Waals surface area contributed by atoms with Crippen LogP contribution in [0.2, 0.25) is 5.02 Å². The van der Waals surface area contributed by atoms with Gasteiger partial charge in [0.05, 0.1) is 17.2 Å². The second kappa shape index (κ2) is 10.8. The van der Waals surface area contributed by atoms with Crippen molar-refractivity contribution in [3.8, 4) is 5.75 Å². The summed E-state index contributed by atoms with van der Waals surface area (Å²) in [6, 6.07) is 11.0. The molecule has 0 aliphatic heterocycles. The number of benzene rings is 2. The van der Waals surface area contributed by atoms with Crippen LogP contribution in [-0.4, -0.2) is 41.8 Å². The molecule has 0 saturated heterocycles. The number of imide groups is 1. The molecule has 0 heterocycles. The van der Waals surface area contributed by atoms with Gasteiger partial charge in [0, 0.05) is 6.42 Å². The zero-order chi connectivity index (χ0) is 22.1. The fourth-order valence-corrected chi connectivity index (χ4v) is 2.62. The van der Waals surface area contributed by atoms with E-state index < -0.39 is 30.1 Å². The highest BCUT2D eigenvalue weighted by atomic mass is 35.5. The summed E-state index contributed by atoms with van der Waals surface area (Å²) in [5.41, 5.74) is 0.738. The van der Waals surface area contributed by atoms with E-state index in [4.69, 9.17) is 16.3 Å². The van der Waals surface area contributed by atoms with Crippen molar-refractivity contribution >= 4 is 35.7 Å². The number of nitrogens with one attached hydrogen (secondary N) is 2. The van der Waals surface area contributed by atoms with Gasteiger partial charge in [-0.25, -0.2) is 19.7 Å². The molecule has 158 valence electrons. The first-order valence-corrected chi connectivity index (χ1v) is 9.20. The Morgan fingerprint density at radius 1 is 1.03 bits per heavy atom. The number of amides is 3. The molecule has 0 saturated carbocycles. The third kappa shape index (κ3) is 6.78. The number of hydrogen-bond acceptors (Lipinski definition) is 6. The molecule has 0 spiro atoms. The smallest absolute Gasteiger partial charge is 0.422 e. The van der Waals surface area contributed by atoms with Gasteiger partial charge in [-0.3, -0.25) is 4.79 Å². The summed E-state index contributed by atoms with van der Waals surface area (Å²) >= 11 is 5.97. The van der Waals surface area contributed by atoms with E-state index in [0.29, 0.717) is 5.56 Å². The van der Waals surface area contributed by atoms with Gasteiger partial charge in [-0.1, -0.05) is 35.9 Å². The van der Waals surface area contributed by atoms with Crippen molar-refractivity contribution in [2.75, 3.05) is 6.61 Å². The second-order valence-electron chi connectivity index (χ2n) is 5.93. The molecule has 1 unspecified atom stereocenters. The Bertz CT molecular complexity index is 931. The maximum absolute atomic E-state index is 12.3. The molecule has 10 heteroatoms.